The lowest BCUT2D eigenvalue weighted by atomic mass is 10.1. The minimum absolute atomic E-state index is 0.155. The molecule has 5 rings (SSSR count). The van der Waals surface area contributed by atoms with Gasteiger partial charge in [-0.25, -0.2) is 9.97 Å². The van der Waals surface area contributed by atoms with Gasteiger partial charge in [0.2, 0.25) is 11.9 Å². The Kier molecular flexibility index (Phi) is 5.13. The summed E-state index contributed by atoms with van der Waals surface area (Å²) in [7, 11) is 0. The highest BCUT2D eigenvalue weighted by atomic mass is 35.5. The summed E-state index contributed by atoms with van der Waals surface area (Å²) in [5.74, 6) is 1.07. The smallest absolute Gasteiger partial charge is 0.351 e. The van der Waals surface area contributed by atoms with Crippen molar-refractivity contribution in [2.75, 3.05) is 23.7 Å². The number of fused-ring (bicyclic) bond motifs is 1. The van der Waals surface area contributed by atoms with Gasteiger partial charge in [0.15, 0.2) is 5.65 Å². The molecule has 164 valence electrons. The van der Waals surface area contributed by atoms with Gasteiger partial charge in [0.1, 0.15) is 5.52 Å². The molecule has 3 N–H and O–H groups in total. The third kappa shape index (κ3) is 4.27. The number of rotatable bonds is 5. The van der Waals surface area contributed by atoms with Crippen LogP contribution in [0.15, 0.2) is 24.4 Å². The van der Waals surface area contributed by atoms with Crippen molar-refractivity contribution in [3.8, 4) is 0 Å². The molecular formula is C20H21ClF3N7. The van der Waals surface area contributed by atoms with Crippen LogP contribution in [0.25, 0.3) is 11.2 Å². The quantitative estimate of drug-likeness (QED) is 0.520. The van der Waals surface area contributed by atoms with Gasteiger partial charge in [-0.2, -0.15) is 18.2 Å². The molecule has 3 heterocycles. The van der Waals surface area contributed by atoms with Crippen molar-refractivity contribution >= 4 is 40.3 Å². The van der Waals surface area contributed by atoms with Gasteiger partial charge in [0.25, 0.3) is 0 Å². The van der Waals surface area contributed by atoms with Crippen LogP contribution in [0, 0.1) is 0 Å². The van der Waals surface area contributed by atoms with Gasteiger partial charge in [-0.05, 0) is 57.0 Å². The minimum atomic E-state index is -4.50. The molecule has 3 aromatic rings. The Hall–Kier alpha value is -2.59. The van der Waals surface area contributed by atoms with Crippen LogP contribution in [0.1, 0.15) is 37.3 Å². The summed E-state index contributed by atoms with van der Waals surface area (Å²) in [6.45, 7) is 1.74. The van der Waals surface area contributed by atoms with Crippen LogP contribution in [0.2, 0.25) is 5.02 Å². The SMILES string of the molecule is FC(F)(F)c1ccc(Nc2nc3cnc(NC4CC4)nc3n2C2CCNCC2)cc1Cl. The summed E-state index contributed by atoms with van der Waals surface area (Å²) in [5, 5.41) is 9.43. The van der Waals surface area contributed by atoms with Gasteiger partial charge < -0.3 is 16.0 Å². The molecule has 2 fully saturated rings. The van der Waals surface area contributed by atoms with E-state index in [2.05, 4.69) is 25.9 Å². The number of hydrogen-bond acceptors (Lipinski definition) is 6. The molecule has 0 radical (unpaired) electrons. The summed E-state index contributed by atoms with van der Waals surface area (Å²) in [6, 6.07) is 4.16. The van der Waals surface area contributed by atoms with E-state index in [1.54, 1.807) is 6.20 Å². The van der Waals surface area contributed by atoms with Crippen LogP contribution < -0.4 is 16.0 Å². The molecule has 11 heteroatoms. The van der Waals surface area contributed by atoms with Crippen LogP contribution in [-0.4, -0.2) is 38.7 Å². The number of nitrogens with zero attached hydrogens (tertiary/aromatic N) is 4. The van der Waals surface area contributed by atoms with Gasteiger partial charge in [-0.15, -0.1) is 0 Å². The predicted molar refractivity (Wildman–Crippen MR) is 113 cm³/mol. The largest absolute Gasteiger partial charge is 0.417 e. The molecule has 1 saturated heterocycles. The third-order valence-corrected chi connectivity index (χ3v) is 5.86. The number of nitrogens with one attached hydrogen (secondary N) is 3. The van der Waals surface area contributed by atoms with Gasteiger partial charge in [-0.3, -0.25) is 4.57 Å². The van der Waals surface area contributed by atoms with Gasteiger partial charge in [0, 0.05) is 17.8 Å². The van der Waals surface area contributed by atoms with Crippen LogP contribution in [0.3, 0.4) is 0 Å². The van der Waals surface area contributed by atoms with Gasteiger partial charge >= 0.3 is 6.18 Å². The second kappa shape index (κ2) is 7.83. The minimum Gasteiger partial charge on any atom is -0.351 e. The Bertz CT molecular complexity index is 1100. The second-order valence-electron chi connectivity index (χ2n) is 7.93. The molecule has 2 aromatic heterocycles. The number of halogens is 4. The fourth-order valence-electron chi connectivity index (χ4n) is 3.82. The lowest BCUT2D eigenvalue weighted by Gasteiger charge is -2.26. The molecule has 7 nitrogen and oxygen atoms in total. The molecule has 0 atom stereocenters. The zero-order valence-corrected chi connectivity index (χ0v) is 17.3. The van der Waals surface area contributed by atoms with E-state index in [-0.39, 0.29) is 11.1 Å². The van der Waals surface area contributed by atoms with Gasteiger partial charge in [-0.1, -0.05) is 11.6 Å². The Labute approximate surface area is 181 Å². The zero-order valence-electron chi connectivity index (χ0n) is 16.5. The van der Waals surface area contributed by atoms with Crippen molar-refractivity contribution in [3.63, 3.8) is 0 Å². The van der Waals surface area contributed by atoms with Crippen LogP contribution in [0.5, 0.6) is 0 Å². The van der Waals surface area contributed by atoms with Crippen molar-refractivity contribution in [2.24, 2.45) is 0 Å². The maximum atomic E-state index is 13.0. The van der Waals surface area contributed by atoms with Crippen LogP contribution in [0.4, 0.5) is 30.8 Å². The topological polar surface area (TPSA) is 79.7 Å². The average molecular weight is 452 g/mol. The molecule has 1 aliphatic heterocycles. The molecule has 1 aromatic carbocycles. The van der Waals surface area contributed by atoms with Crippen LogP contribution >= 0.6 is 11.6 Å². The Morgan fingerprint density at radius 1 is 1.10 bits per heavy atom. The number of aromatic nitrogens is 4. The number of benzene rings is 1. The lowest BCUT2D eigenvalue weighted by molar-refractivity contribution is -0.137. The van der Waals surface area contributed by atoms with E-state index in [4.69, 9.17) is 16.6 Å². The molecule has 1 saturated carbocycles. The molecule has 31 heavy (non-hydrogen) atoms. The fraction of sp³-hybridized carbons (Fsp3) is 0.450. The van der Waals surface area contributed by atoms with Crippen LogP contribution in [-0.2, 0) is 6.18 Å². The van der Waals surface area contributed by atoms with E-state index >= 15 is 0 Å². The van der Waals surface area contributed by atoms with Crippen molar-refractivity contribution in [1.82, 2.24) is 24.8 Å². The van der Waals surface area contributed by atoms with E-state index in [0.29, 0.717) is 34.8 Å². The van der Waals surface area contributed by atoms with E-state index in [1.165, 1.54) is 12.1 Å². The van der Waals surface area contributed by atoms with E-state index < -0.39 is 11.7 Å². The third-order valence-electron chi connectivity index (χ3n) is 5.55. The van der Waals surface area contributed by atoms with Crippen molar-refractivity contribution in [2.45, 2.75) is 43.9 Å². The monoisotopic (exact) mass is 451 g/mol. The molecule has 2 aliphatic rings. The molecule has 0 unspecified atom stereocenters. The lowest BCUT2D eigenvalue weighted by Crippen LogP contribution is -2.30. The van der Waals surface area contributed by atoms with E-state index in [9.17, 15) is 13.2 Å². The predicted octanol–water partition coefficient (Wildman–Crippen LogP) is 4.74. The number of piperidine rings is 1. The van der Waals surface area contributed by atoms with E-state index in [1.807, 2.05) is 4.57 Å². The summed E-state index contributed by atoms with van der Waals surface area (Å²) in [4.78, 5) is 13.7. The average Bonchev–Trinajstić information content (AvgIpc) is 3.47. The zero-order chi connectivity index (χ0) is 21.6. The van der Waals surface area contributed by atoms with Gasteiger partial charge in [0.05, 0.1) is 16.8 Å². The summed E-state index contributed by atoms with van der Waals surface area (Å²) in [6.07, 6.45) is 1.17. The standard InChI is InChI=1S/C20H21ClF3N7/c21-15-9-12(3-4-14(15)20(22,23)24)28-19-29-16-10-26-18(27-11-1-2-11)30-17(16)31(19)13-5-7-25-8-6-13/h3-4,9-11,13,25H,1-2,5-8H2,(H,28,29)(H,26,27,30). The first-order chi connectivity index (χ1) is 14.9. The van der Waals surface area contributed by atoms with E-state index in [0.717, 1.165) is 44.8 Å². The first kappa shape index (κ1) is 20.3. The van der Waals surface area contributed by atoms with Crippen molar-refractivity contribution in [1.29, 1.82) is 0 Å². The number of hydrogen-bond donors (Lipinski definition) is 3. The fourth-order valence-corrected chi connectivity index (χ4v) is 4.11. The molecule has 0 bridgehead atoms. The number of imidazole rings is 1. The highest BCUT2D eigenvalue weighted by Gasteiger charge is 2.33. The second-order valence-corrected chi connectivity index (χ2v) is 8.33. The Balaban J connectivity index is 1.53. The first-order valence-electron chi connectivity index (χ1n) is 10.2. The maximum absolute atomic E-state index is 13.0. The molecular weight excluding hydrogens is 431 g/mol. The number of anilines is 3. The molecule has 1 aliphatic carbocycles. The van der Waals surface area contributed by atoms with Crippen molar-refractivity contribution in [3.05, 3.63) is 35.0 Å². The maximum Gasteiger partial charge on any atom is 0.417 e. The summed E-state index contributed by atoms with van der Waals surface area (Å²) < 4.78 is 41.1. The first-order valence-corrected chi connectivity index (χ1v) is 10.6. The summed E-state index contributed by atoms with van der Waals surface area (Å²) in [5.41, 5.74) is 0.881. The molecule has 0 amide bonds. The Morgan fingerprint density at radius 2 is 1.87 bits per heavy atom. The highest BCUT2D eigenvalue weighted by molar-refractivity contribution is 6.31. The molecule has 0 spiro atoms. The summed E-state index contributed by atoms with van der Waals surface area (Å²) >= 11 is 5.90. The van der Waals surface area contributed by atoms with Crippen molar-refractivity contribution < 1.29 is 13.2 Å². The highest BCUT2D eigenvalue weighted by Crippen LogP contribution is 2.37. The normalized spacial score (nSPS) is 17.8. The number of alkyl halides is 3. The Morgan fingerprint density at radius 3 is 2.55 bits per heavy atom.